The first-order chi connectivity index (χ1) is 11.7. The van der Waals surface area contributed by atoms with E-state index in [0.29, 0.717) is 0 Å². The zero-order valence-corrected chi connectivity index (χ0v) is 15.3. The molecule has 0 bridgehead atoms. The van der Waals surface area contributed by atoms with Crippen LogP contribution in [0, 0.1) is 0 Å². The van der Waals surface area contributed by atoms with Crippen LogP contribution >= 0.6 is 18.6 Å². The molecule has 0 saturated carbocycles. The van der Waals surface area contributed by atoms with Gasteiger partial charge in [0, 0.05) is 31.5 Å². The summed E-state index contributed by atoms with van der Waals surface area (Å²) in [5.74, 6) is 0. The second-order valence-corrected chi connectivity index (χ2v) is 10.1. The molecule has 0 spiro atoms. The topological polar surface area (TPSA) is 36.4 Å². The first-order valence-electron chi connectivity index (χ1n) is 8.14. The number of piperazine rings is 1. The average molecular weight is 357 g/mol. The summed E-state index contributed by atoms with van der Waals surface area (Å²) in [5, 5.41) is 0.883. The van der Waals surface area contributed by atoms with Crippen LogP contribution < -0.4 is 10.1 Å². The van der Waals surface area contributed by atoms with Crippen LogP contribution in [0.4, 0.5) is 0 Å². The fourth-order valence-electron chi connectivity index (χ4n) is 3.09. The van der Waals surface area contributed by atoms with Crippen LogP contribution in [0.2, 0.25) is 0 Å². The highest BCUT2D eigenvalue weighted by atomic mass is 32.1. The second kappa shape index (κ2) is 6.41. The predicted molar refractivity (Wildman–Crippen MR) is 102 cm³/mol. The van der Waals surface area contributed by atoms with Gasteiger partial charge in [-0.3, -0.25) is 4.57 Å². The van der Waals surface area contributed by atoms with Crippen molar-refractivity contribution in [3.05, 3.63) is 54.6 Å². The fraction of sp³-hybridized carbons (Fsp3) is 0.278. The lowest BCUT2D eigenvalue weighted by Gasteiger charge is -2.37. The van der Waals surface area contributed by atoms with Gasteiger partial charge in [0.15, 0.2) is 4.75 Å². The zero-order chi connectivity index (χ0) is 16.6. The van der Waals surface area contributed by atoms with E-state index < -0.39 is 7.29 Å². The highest BCUT2D eigenvalue weighted by Gasteiger charge is 2.38. The molecule has 1 fully saturated rings. The van der Waals surface area contributed by atoms with Crippen LogP contribution in [0.3, 0.4) is 0 Å². The summed E-state index contributed by atoms with van der Waals surface area (Å²) in [6.07, 6.45) is 0. The van der Waals surface area contributed by atoms with Crippen molar-refractivity contribution in [1.29, 1.82) is 0 Å². The third kappa shape index (κ3) is 2.72. The first-order valence-corrected chi connectivity index (χ1v) is 10.6. The van der Waals surface area contributed by atoms with E-state index in [-0.39, 0.29) is 0 Å². The van der Waals surface area contributed by atoms with E-state index in [9.17, 15) is 4.57 Å². The molecule has 1 atom stereocenters. The number of nitrogens with zero attached hydrogens (tertiary/aromatic N) is 3. The molecule has 2 aromatic carbocycles. The SMILES string of the molecule is CN1CCN([P@@](=O)(c2ccccc2)c2nc3ccccc3s2)CC1. The van der Waals surface area contributed by atoms with E-state index >= 15 is 0 Å². The lowest BCUT2D eigenvalue weighted by atomic mass is 10.3. The van der Waals surface area contributed by atoms with Gasteiger partial charge in [-0.25, -0.2) is 9.65 Å². The van der Waals surface area contributed by atoms with Crippen LogP contribution in [0.25, 0.3) is 10.2 Å². The van der Waals surface area contributed by atoms with Crippen molar-refractivity contribution in [2.75, 3.05) is 33.2 Å². The van der Waals surface area contributed by atoms with Crippen LogP contribution in [0.5, 0.6) is 0 Å². The monoisotopic (exact) mass is 357 g/mol. The number of thiazole rings is 1. The van der Waals surface area contributed by atoms with Crippen molar-refractivity contribution in [3.8, 4) is 0 Å². The lowest BCUT2D eigenvalue weighted by molar-refractivity contribution is 0.224. The molecule has 0 aliphatic carbocycles. The Morgan fingerprint density at radius 2 is 1.62 bits per heavy atom. The normalized spacial score (nSPS) is 19.4. The molecule has 24 heavy (non-hydrogen) atoms. The minimum absolute atomic E-state index is 0.749. The molecular formula is C18H20N3OPS. The van der Waals surface area contributed by atoms with Crippen molar-refractivity contribution < 1.29 is 4.57 Å². The molecule has 0 amide bonds. The Morgan fingerprint density at radius 1 is 0.958 bits per heavy atom. The number of hydrogen-bond donors (Lipinski definition) is 0. The van der Waals surface area contributed by atoms with Gasteiger partial charge in [-0.05, 0) is 31.3 Å². The average Bonchev–Trinajstić information content (AvgIpc) is 3.07. The van der Waals surface area contributed by atoms with Gasteiger partial charge in [0.05, 0.1) is 10.2 Å². The second-order valence-electron chi connectivity index (χ2n) is 6.13. The summed E-state index contributed by atoms with van der Waals surface area (Å²) in [5.41, 5.74) is 0.933. The van der Waals surface area contributed by atoms with Crippen LogP contribution in [-0.4, -0.2) is 47.8 Å². The van der Waals surface area contributed by atoms with Crippen molar-refractivity contribution in [3.63, 3.8) is 0 Å². The molecule has 3 aromatic rings. The zero-order valence-electron chi connectivity index (χ0n) is 13.6. The largest absolute Gasteiger partial charge is 0.304 e. The van der Waals surface area contributed by atoms with E-state index in [1.54, 1.807) is 11.3 Å². The fourth-order valence-corrected chi connectivity index (χ4v) is 7.60. The van der Waals surface area contributed by atoms with E-state index in [4.69, 9.17) is 4.98 Å². The molecule has 0 radical (unpaired) electrons. The van der Waals surface area contributed by atoms with Gasteiger partial charge in [0.25, 0.3) is 0 Å². The highest BCUT2D eigenvalue weighted by Crippen LogP contribution is 2.49. The Bertz CT molecular complexity index is 854. The van der Waals surface area contributed by atoms with Gasteiger partial charge in [-0.2, -0.15) is 0 Å². The molecule has 1 aromatic heterocycles. The summed E-state index contributed by atoms with van der Waals surface area (Å²) in [6.45, 7) is 3.47. The van der Waals surface area contributed by atoms with E-state index in [0.717, 1.165) is 46.4 Å². The van der Waals surface area contributed by atoms with Gasteiger partial charge < -0.3 is 4.90 Å². The van der Waals surface area contributed by atoms with Crippen molar-refractivity contribution in [2.45, 2.75) is 0 Å². The maximum atomic E-state index is 14.3. The maximum Gasteiger partial charge on any atom is 0.234 e. The number of aromatic nitrogens is 1. The number of likely N-dealkylation sites (N-methyl/N-ethyl adjacent to an activating group) is 1. The molecule has 4 rings (SSSR count). The number of para-hydroxylation sites is 1. The van der Waals surface area contributed by atoms with Gasteiger partial charge in [-0.15, -0.1) is 11.3 Å². The first kappa shape index (κ1) is 16.0. The lowest BCUT2D eigenvalue weighted by Crippen LogP contribution is -2.46. The van der Waals surface area contributed by atoms with Crippen LogP contribution in [-0.2, 0) is 4.57 Å². The van der Waals surface area contributed by atoms with E-state index in [1.807, 2.05) is 48.5 Å². The van der Waals surface area contributed by atoms with Crippen molar-refractivity contribution in [1.82, 2.24) is 14.6 Å². The van der Waals surface area contributed by atoms with Crippen LogP contribution in [0.15, 0.2) is 54.6 Å². The molecule has 4 nitrogen and oxygen atoms in total. The van der Waals surface area contributed by atoms with Crippen LogP contribution in [0.1, 0.15) is 0 Å². The van der Waals surface area contributed by atoms with Gasteiger partial charge in [-0.1, -0.05) is 30.3 Å². The molecule has 1 aliphatic rings. The van der Waals surface area contributed by atoms with Gasteiger partial charge in [0.1, 0.15) is 0 Å². The molecule has 2 heterocycles. The Labute approximate surface area is 146 Å². The maximum absolute atomic E-state index is 14.3. The number of benzene rings is 2. The Balaban J connectivity index is 1.85. The molecular weight excluding hydrogens is 337 g/mol. The number of hydrogen-bond acceptors (Lipinski definition) is 4. The predicted octanol–water partition coefficient (Wildman–Crippen LogP) is 2.77. The third-order valence-electron chi connectivity index (χ3n) is 4.53. The molecule has 1 saturated heterocycles. The summed E-state index contributed by atoms with van der Waals surface area (Å²) in [6, 6.07) is 17.9. The van der Waals surface area contributed by atoms with E-state index in [2.05, 4.69) is 22.7 Å². The Morgan fingerprint density at radius 3 is 2.33 bits per heavy atom. The number of rotatable bonds is 3. The molecule has 124 valence electrons. The minimum atomic E-state index is -2.88. The number of fused-ring (bicyclic) bond motifs is 1. The molecule has 6 heteroatoms. The molecule has 0 N–H and O–H groups in total. The standard InChI is InChI=1S/C18H20N3OPS/c1-20-11-13-21(14-12-20)23(22,15-7-3-2-4-8-15)18-19-16-9-5-6-10-17(16)24-18/h2-10H,11-14H2,1H3/t23-/m1/s1. The minimum Gasteiger partial charge on any atom is -0.304 e. The molecule has 1 aliphatic heterocycles. The smallest absolute Gasteiger partial charge is 0.234 e. The van der Waals surface area contributed by atoms with Crippen molar-refractivity contribution >= 4 is 38.9 Å². The molecule has 0 unspecified atom stereocenters. The Hall–Kier alpha value is -1.52. The summed E-state index contributed by atoms with van der Waals surface area (Å²) in [4.78, 5) is 7.04. The Kier molecular flexibility index (Phi) is 4.27. The highest BCUT2D eigenvalue weighted by molar-refractivity contribution is 7.81. The van der Waals surface area contributed by atoms with Gasteiger partial charge in [0.2, 0.25) is 7.29 Å². The quantitative estimate of drug-likeness (QED) is 0.676. The summed E-state index contributed by atoms with van der Waals surface area (Å²) < 4.78 is 18.3. The summed E-state index contributed by atoms with van der Waals surface area (Å²) >= 11 is 1.56. The summed E-state index contributed by atoms with van der Waals surface area (Å²) in [7, 11) is -0.771. The van der Waals surface area contributed by atoms with E-state index in [1.165, 1.54) is 0 Å². The van der Waals surface area contributed by atoms with Crippen molar-refractivity contribution in [2.24, 2.45) is 0 Å². The van der Waals surface area contributed by atoms with Gasteiger partial charge >= 0.3 is 0 Å². The third-order valence-corrected chi connectivity index (χ3v) is 9.19.